The molecule has 102 valence electrons. The van der Waals surface area contributed by atoms with Crippen molar-refractivity contribution in [1.82, 2.24) is 0 Å². The van der Waals surface area contributed by atoms with Gasteiger partial charge in [-0.2, -0.15) is 0 Å². The van der Waals surface area contributed by atoms with Gasteiger partial charge in [-0.05, 0) is 24.3 Å². The maximum atomic E-state index is 12.1. The molecule has 0 radical (unpaired) electrons. The molecular weight excluding hydrogens is 256 g/mol. The van der Waals surface area contributed by atoms with Crippen LogP contribution in [0.2, 0.25) is 0 Å². The van der Waals surface area contributed by atoms with E-state index in [4.69, 9.17) is 9.94 Å². The highest BCUT2D eigenvalue weighted by Gasteiger charge is 2.14. The summed E-state index contributed by atoms with van der Waals surface area (Å²) in [6.07, 6.45) is 0. The van der Waals surface area contributed by atoms with Crippen molar-refractivity contribution in [2.24, 2.45) is 5.16 Å². The minimum atomic E-state index is -0.483. The molecule has 5 heteroatoms. The lowest BCUT2D eigenvalue weighted by molar-refractivity contribution is -0.110. The number of carbonyl (C=O) groups excluding carboxylic acids is 1. The molecule has 0 unspecified atom stereocenters. The smallest absolute Gasteiger partial charge is 0.278 e. The van der Waals surface area contributed by atoms with Crippen LogP contribution in [0.4, 0.5) is 5.69 Å². The zero-order valence-corrected chi connectivity index (χ0v) is 10.9. The Morgan fingerprint density at radius 2 is 1.75 bits per heavy atom. The maximum Gasteiger partial charge on any atom is 0.278 e. The average Bonchev–Trinajstić information content (AvgIpc) is 2.50. The first-order chi connectivity index (χ1) is 9.74. The highest BCUT2D eigenvalue weighted by Crippen LogP contribution is 2.15. The fraction of sp³-hybridized carbons (Fsp3) is 0.0667. The van der Waals surface area contributed by atoms with Gasteiger partial charge in [0.25, 0.3) is 5.91 Å². The zero-order valence-electron chi connectivity index (χ0n) is 10.9. The van der Waals surface area contributed by atoms with Crippen molar-refractivity contribution in [3.63, 3.8) is 0 Å². The number of hydrogen-bond acceptors (Lipinski definition) is 4. The Balaban J connectivity index is 2.14. The number of benzene rings is 2. The Labute approximate surface area is 116 Å². The summed E-state index contributed by atoms with van der Waals surface area (Å²) in [6.45, 7) is 0. The van der Waals surface area contributed by atoms with Crippen LogP contribution in [0, 0.1) is 0 Å². The molecule has 0 fully saturated rings. The molecule has 0 bridgehead atoms. The fourth-order valence-electron chi connectivity index (χ4n) is 1.69. The molecule has 5 nitrogen and oxygen atoms in total. The van der Waals surface area contributed by atoms with Gasteiger partial charge in [-0.1, -0.05) is 35.5 Å². The highest BCUT2D eigenvalue weighted by molar-refractivity contribution is 6.48. The Kier molecular flexibility index (Phi) is 4.34. The Hall–Kier alpha value is -2.82. The van der Waals surface area contributed by atoms with E-state index < -0.39 is 5.91 Å². The molecule has 2 N–H and O–H groups in total. The third kappa shape index (κ3) is 3.14. The average molecular weight is 270 g/mol. The van der Waals surface area contributed by atoms with Gasteiger partial charge in [0, 0.05) is 11.3 Å². The number of hydrogen-bond donors (Lipinski definition) is 2. The molecule has 0 saturated carbocycles. The number of rotatable bonds is 4. The SMILES string of the molecule is COc1ccc(NC(=O)/C(=N/O)c2ccccc2)cc1. The largest absolute Gasteiger partial charge is 0.497 e. The summed E-state index contributed by atoms with van der Waals surface area (Å²) in [7, 11) is 1.57. The van der Waals surface area contributed by atoms with E-state index in [1.165, 1.54) is 0 Å². The Morgan fingerprint density at radius 3 is 2.30 bits per heavy atom. The molecule has 2 aromatic rings. The lowest BCUT2D eigenvalue weighted by atomic mass is 10.1. The lowest BCUT2D eigenvalue weighted by Gasteiger charge is -2.07. The second kappa shape index (κ2) is 6.38. The first-order valence-corrected chi connectivity index (χ1v) is 5.97. The molecule has 2 aromatic carbocycles. The van der Waals surface area contributed by atoms with Crippen molar-refractivity contribution in [2.75, 3.05) is 12.4 Å². The summed E-state index contributed by atoms with van der Waals surface area (Å²) < 4.78 is 5.04. The van der Waals surface area contributed by atoms with Gasteiger partial charge in [-0.25, -0.2) is 0 Å². The van der Waals surface area contributed by atoms with E-state index in [0.717, 1.165) is 0 Å². The van der Waals surface area contributed by atoms with Crippen LogP contribution in [0.25, 0.3) is 0 Å². The monoisotopic (exact) mass is 270 g/mol. The number of methoxy groups -OCH3 is 1. The Morgan fingerprint density at radius 1 is 1.10 bits per heavy atom. The third-order valence-electron chi connectivity index (χ3n) is 2.71. The third-order valence-corrected chi connectivity index (χ3v) is 2.71. The van der Waals surface area contributed by atoms with E-state index >= 15 is 0 Å². The van der Waals surface area contributed by atoms with Gasteiger partial charge >= 0.3 is 0 Å². The van der Waals surface area contributed by atoms with E-state index in [1.807, 2.05) is 6.07 Å². The van der Waals surface area contributed by atoms with Crippen LogP contribution >= 0.6 is 0 Å². The summed E-state index contributed by atoms with van der Waals surface area (Å²) >= 11 is 0. The van der Waals surface area contributed by atoms with Gasteiger partial charge in [-0.3, -0.25) is 4.79 Å². The molecular formula is C15H14N2O3. The molecule has 0 spiro atoms. The molecule has 0 atom stereocenters. The van der Waals surface area contributed by atoms with Crippen molar-refractivity contribution in [1.29, 1.82) is 0 Å². The van der Waals surface area contributed by atoms with Crippen LogP contribution in [-0.4, -0.2) is 23.9 Å². The molecule has 0 aromatic heterocycles. The van der Waals surface area contributed by atoms with Crippen LogP contribution in [0.3, 0.4) is 0 Å². The van der Waals surface area contributed by atoms with E-state index in [2.05, 4.69) is 10.5 Å². The molecule has 0 aliphatic rings. The van der Waals surface area contributed by atoms with E-state index in [-0.39, 0.29) is 5.71 Å². The summed E-state index contributed by atoms with van der Waals surface area (Å²) in [4.78, 5) is 12.1. The van der Waals surface area contributed by atoms with Crippen molar-refractivity contribution in [3.8, 4) is 5.75 Å². The van der Waals surface area contributed by atoms with Gasteiger partial charge < -0.3 is 15.3 Å². The van der Waals surface area contributed by atoms with Gasteiger partial charge in [0.05, 0.1) is 7.11 Å². The Bertz CT molecular complexity index is 607. The normalized spacial score (nSPS) is 10.9. The van der Waals surface area contributed by atoms with Crippen LogP contribution < -0.4 is 10.1 Å². The maximum absolute atomic E-state index is 12.1. The summed E-state index contributed by atoms with van der Waals surface area (Å²) in [5, 5.41) is 14.7. The van der Waals surface area contributed by atoms with E-state index in [9.17, 15) is 4.79 Å². The van der Waals surface area contributed by atoms with Gasteiger partial charge in [0.2, 0.25) is 0 Å². The molecule has 1 amide bonds. The number of nitrogens with one attached hydrogen (secondary N) is 1. The number of anilines is 1. The van der Waals surface area contributed by atoms with Crippen molar-refractivity contribution < 1.29 is 14.7 Å². The molecule has 0 aliphatic heterocycles. The second-order valence-corrected chi connectivity index (χ2v) is 4.00. The molecule has 0 saturated heterocycles. The summed E-state index contributed by atoms with van der Waals surface area (Å²) in [5.41, 5.74) is 1.09. The molecule has 20 heavy (non-hydrogen) atoms. The van der Waals surface area contributed by atoms with Gasteiger partial charge in [0.1, 0.15) is 5.75 Å². The molecule has 0 heterocycles. The van der Waals surface area contributed by atoms with Crippen LogP contribution in [0.5, 0.6) is 5.75 Å². The predicted octanol–water partition coefficient (Wildman–Crippen LogP) is 2.51. The molecule has 0 aliphatic carbocycles. The van der Waals surface area contributed by atoms with Gasteiger partial charge in [-0.15, -0.1) is 0 Å². The minimum absolute atomic E-state index is 0.0404. The summed E-state index contributed by atoms with van der Waals surface area (Å²) in [5.74, 6) is 0.214. The number of amides is 1. The molecule has 2 rings (SSSR count). The number of oxime groups is 1. The summed E-state index contributed by atoms with van der Waals surface area (Å²) in [6, 6.07) is 15.6. The second-order valence-electron chi connectivity index (χ2n) is 4.00. The van der Waals surface area contributed by atoms with Crippen LogP contribution in [0.15, 0.2) is 59.8 Å². The van der Waals surface area contributed by atoms with Crippen LogP contribution in [0.1, 0.15) is 5.56 Å². The van der Waals surface area contributed by atoms with Crippen molar-refractivity contribution in [3.05, 3.63) is 60.2 Å². The number of ether oxygens (including phenoxy) is 1. The predicted molar refractivity (Wildman–Crippen MR) is 76.4 cm³/mol. The van der Waals surface area contributed by atoms with Crippen molar-refractivity contribution in [2.45, 2.75) is 0 Å². The lowest BCUT2D eigenvalue weighted by Crippen LogP contribution is -2.23. The topological polar surface area (TPSA) is 70.9 Å². The number of nitrogens with zero attached hydrogens (tertiary/aromatic N) is 1. The minimum Gasteiger partial charge on any atom is -0.497 e. The van der Waals surface area contributed by atoms with Crippen LogP contribution in [-0.2, 0) is 4.79 Å². The van der Waals surface area contributed by atoms with Gasteiger partial charge in [0.15, 0.2) is 5.71 Å². The van der Waals surface area contributed by atoms with E-state index in [0.29, 0.717) is 17.0 Å². The first-order valence-electron chi connectivity index (χ1n) is 5.97. The quantitative estimate of drug-likeness (QED) is 0.509. The highest BCUT2D eigenvalue weighted by atomic mass is 16.5. The zero-order chi connectivity index (χ0) is 14.4. The first kappa shape index (κ1) is 13.6. The standard InChI is InChI=1S/C15H14N2O3/c1-20-13-9-7-12(8-10-13)16-15(18)14(17-19)11-5-3-2-4-6-11/h2-10,19H,1H3,(H,16,18)/b17-14+. The van der Waals surface area contributed by atoms with E-state index in [1.54, 1.807) is 55.6 Å². The number of carbonyl (C=O) groups is 1. The fourth-order valence-corrected chi connectivity index (χ4v) is 1.69. The van der Waals surface area contributed by atoms with Crippen molar-refractivity contribution >= 4 is 17.3 Å².